The van der Waals surface area contributed by atoms with Crippen molar-refractivity contribution in [1.29, 1.82) is 0 Å². The largest absolute Gasteiger partial charge is 0.480 e. The van der Waals surface area contributed by atoms with E-state index >= 15 is 0 Å². The molecule has 1 fully saturated rings. The van der Waals surface area contributed by atoms with Gasteiger partial charge in [-0.2, -0.15) is 0 Å². The van der Waals surface area contributed by atoms with Crippen molar-refractivity contribution < 1.29 is 26.7 Å². The Morgan fingerprint density at radius 1 is 1.00 bits per heavy atom. The lowest BCUT2D eigenvalue weighted by molar-refractivity contribution is 0.123. The summed E-state index contributed by atoms with van der Waals surface area (Å²) in [6.45, 7) is 2.79. The average molecular weight is 513 g/mol. The van der Waals surface area contributed by atoms with Crippen LogP contribution in [0.5, 0.6) is 5.88 Å². The first kappa shape index (κ1) is 23.9. The van der Waals surface area contributed by atoms with Crippen molar-refractivity contribution in [1.82, 2.24) is 9.97 Å². The first-order chi connectivity index (χ1) is 17.4. The van der Waals surface area contributed by atoms with E-state index in [2.05, 4.69) is 19.6 Å². The molecule has 1 aliphatic heterocycles. The molecule has 0 aliphatic carbocycles. The van der Waals surface area contributed by atoms with Crippen LogP contribution in [0.4, 0.5) is 20.2 Å². The summed E-state index contributed by atoms with van der Waals surface area (Å²) in [5.74, 6) is -2.46. The van der Waals surface area contributed by atoms with Crippen LogP contribution in [0.25, 0.3) is 22.0 Å². The minimum absolute atomic E-state index is 0.0458. The third-order valence-corrected chi connectivity index (χ3v) is 7.30. The number of anilines is 2. The van der Waals surface area contributed by atoms with E-state index in [0.29, 0.717) is 18.8 Å². The maximum Gasteiger partial charge on any atom is 0.267 e. The number of morpholine rings is 1. The predicted octanol–water partition coefficient (Wildman–Crippen LogP) is 4.22. The van der Waals surface area contributed by atoms with Gasteiger partial charge in [-0.05, 0) is 42.0 Å². The van der Waals surface area contributed by atoms with Gasteiger partial charge in [-0.3, -0.25) is 9.71 Å². The van der Waals surface area contributed by atoms with Crippen LogP contribution in [0, 0.1) is 11.6 Å². The van der Waals surface area contributed by atoms with Crippen LogP contribution in [0.1, 0.15) is 0 Å². The molecule has 0 spiro atoms. The number of nitrogens with one attached hydrogen (secondary N) is 1. The molecule has 3 heterocycles. The molecular weight excluding hydrogens is 490 g/mol. The zero-order valence-corrected chi connectivity index (χ0v) is 20.1. The number of fused-ring (bicyclic) bond motifs is 1. The lowest BCUT2D eigenvalue weighted by atomic mass is 10.0. The molecule has 36 heavy (non-hydrogen) atoms. The number of hydrogen-bond donors (Lipinski definition) is 1. The Kier molecular flexibility index (Phi) is 6.42. The molecule has 1 saturated heterocycles. The van der Waals surface area contributed by atoms with E-state index in [0.717, 1.165) is 53.4 Å². The molecule has 2 aromatic heterocycles. The van der Waals surface area contributed by atoms with Gasteiger partial charge in [0.15, 0.2) is 4.90 Å². The highest BCUT2D eigenvalue weighted by molar-refractivity contribution is 7.92. The highest BCUT2D eigenvalue weighted by Gasteiger charge is 2.26. The first-order valence-electron chi connectivity index (χ1n) is 11.1. The van der Waals surface area contributed by atoms with Crippen molar-refractivity contribution in [2.45, 2.75) is 4.90 Å². The van der Waals surface area contributed by atoms with Gasteiger partial charge in [-0.25, -0.2) is 22.2 Å². The molecule has 2 aromatic carbocycles. The summed E-state index contributed by atoms with van der Waals surface area (Å²) in [6.07, 6.45) is 3.29. The molecule has 5 rings (SSSR count). The molecule has 0 radical (unpaired) electrons. The van der Waals surface area contributed by atoms with Gasteiger partial charge in [0, 0.05) is 42.1 Å². The van der Waals surface area contributed by atoms with Crippen LogP contribution in [0.3, 0.4) is 0 Å². The van der Waals surface area contributed by atoms with Crippen LogP contribution < -0.4 is 14.4 Å². The molecule has 0 unspecified atom stereocenters. The van der Waals surface area contributed by atoms with E-state index in [1.807, 2.05) is 24.3 Å². The monoisotopic (exact) mass is 512 g/mol. The fourth-order valence-corrected chi connectivity index (χ4v) is 5.36. The molecule has 0 saturated carbocycles. The Labute approximate surface area is 206 Å². The summed E-state index contributed by atoms with van der Waals surface area (Å²) in [5, 5.41) is 0.920. The van der Waals surface area contributed by atoms with Crippen LogP contribution in [-0.4, -0.2) is 51.8 Å². The fraction of sp³-hybridized carbons (Fsp3) is 0.200. The standard InChI is InChI=1S/C25H22F2N4O4S/c1-34-25-22(30-36(32,33)24-19(26)3-2-4-20(24)27)14-17(15-29-25)16-5-6-21-18(13-16)23(7-8-28-21)31-9-11-35-12-10-31/h2-8,13-15,30H,9-12H2,1H3. The summed E-state index contributed by atoms with van der Waals surface area (Å²) in [5.41, 5.74) is 3.08. The second kappa shape index (κ2) is 9.67. The third-order valence-electron chi connectivity index (χ3n) is 5.88. The quantitative estimate of drug-likeness (QED) is 0.413. The number of ether oxygens (including phenoxy) is 2. The van der Waals surface area contributed by atoms with Crippen molar-refractivity contribution >= 4 is 32.3 Å². The summed E-state index contributed by atoms with van der Waals surface area (Å²) >= 11 is 0. The summed E-state index contributed by atoms with van der Waals surface area (Å²) in [4.78, 5) is 9.82. The topological polar surface area (TPSA) is 93.7 Å². The molecule has 11 heteroatoms. The van der Waals surface area contributed by atoms with E-state index in [9.17, 15) is 17.2 Å². The first-order valence-corrected chi connectivity index (χ1v) is 12.6. The maximum atomic E-state index is 14.2. The number of methoxy groups -OCH3 is 1. The predicted molar refractivity (Wildman–Crippen MR) is 132 cm³/mol. The zero-order valence-electron chi connectivity index (χ0n) is 19.2. The normalized spacial score (nSPS) is 14.1. The maximum absolute atomic E-state index is 14.2. The van der Waals surface area contributed by atoms with Gasteiger partial charge >= 0.3 is 0 Å². The van der Waals surface area contributed by atoms with E-state index in [-0.39, 0.29) is 11.6 Å². The third kappa shape index (κ3) is 4.54. The molecule has 186 valence electrons. The number of halogens is 2. The van der Waals surface area contributed by atoms with Gasteiger partial charge in [-0.15, -0.1) is 0 Å². The molecular formula is C25H22F2N4O4S. The molecule has 4 aromatic rings. The SMILES string of the molecule is COc1ncc(-c2ccc3nccc(N4CCOCC4)c3c2)cc1NS(=O)(=O)c1c(F)cccc1F. The van der Waals surface area contributed by atoms with Crippen LogP contribution in [0.15, 0.2) is 65.8 Å². The minimum Gasteiger partial charge on any atom is -0.480 e. The molecule has 1 aliphatic rings. The van der Waals surface area contributed by atoms with Crippen molar-refractivity contribution in [2.75, 3.05) is 43.0 Å². The smallest absolute Gasteiger partial charge is 0.267 e. The van der Waals surface area contributed by atoms with Gasteiger partial charge in [0.25, 0.3) is 10.0 Å². The van der Waals surface area contributed by atoms with Gasteiger partial charge in [0.1, 0.15) is 17.3 Å². The summed E-state index contributed by atoms with van der Waals surface area (Å²) in [7, 11) is -3.29. The summed E-state index contributed by atoms with van der Waals surface area (Å²) in [6, 6.07) is 12.0. The highest BCUT2D eigenvalue weighted by Crippen LogP contribution is 2.34. The number of pyridine rings is 2. The fourth-order valence-electron chi connectivity index (χ4n) is 4.17. The molecule has 1 N–H and O–H groups in total. The van der Waals surface area contributed by atoms with Crippen LogP contribution in [0.2, 0.25) is 0 Å². The van der Waals surface area contributed by atoms with Gasteiger partial charge in [0.2, 0.25) is 5.88 Å². The Morgan fingerprint density at radius 2 is 1.75 bits per heavy atom. The van der Waals surface area contributed by atoms with Crippen molar-refractivity contribution in [2.24, 2.45) is 0 Å². The lowest BCUT2D eigenvalue weighted by Gasteiger charge is -2.29. The van der Waals surface area contributed by atoms with Crippen molar-refractivity contribution in [3.63, 3.8) is 0 Å². The lowest BCUT2D eigenvalue weighted by Crippen LogP contribution is -2.36. The molecule has 0 bridgehead atoms. The van der Waals surface area contributed by atoms with Gasteiger partial charge in [-0.1, -0.05) is 12.1 Å². The van der Waals surface area contributed by atoms with E-state index < -0.39 is 26.6 Å². The zero-order chi connectivity index (χ0) is 25.3. The Bertz CT molecular complexity index is 1520. The second-order valence-electron chi connectivity index (χ2n) is 8.10. The van der Waals surface area contributed by atoms with Gasteiger partial charge in [0.05, 0.1) is 25.8 Å². The average Bonchev–Trinajstić information content (AvgIpc) is 2.88. The second-order valence-corrected chi connectivity index (χ2v) is 9.72. The number of nitrogens with zero attached hydrogens (tertiary/aromatic N) is 3. The van der Waals surface area contributed by atoms with E-state index in [4.69, 9.17) is 9.47 Å². The highest BCUT2D eigenvalue weighted by atomic mass is 32.2. The number of sulfonamides is 1. The Morgan fingerprint density at radius 3 is 2.47 bits per heavy atom. The van der Waals surface area contributed by atoms with Crippen molar-refractivity contribution in [3.8, 4) is 17.0 Å². The van der Waals surface area contributed by atoms with E-state index in [1.54, 1.807) is 6.20 Å². The number of benzene rings is 2. The molecule has 0 amide bonds. The van der Waals surface area contributed by atoms with Crippen LogP contribution in [-0.2, 0) is 14.8 Å². The molecule has 0 atom stereocenters. The van der Waals surface area contributed by atoms with E-state index in [1.165, 1.54) is 19.4 Å². The molecule has 8 nitrogen and oxygen atoms in total. The minimum atomic E-state index is -4.61. The number of hydrogen-bond acceptors (Lipinski definition) is 7. The Hall–Kier alpha value is -3.83. The number of rotatable bonds is 6. The van der Waals surface area contributed by atoms with Gasteiger partial charge < -0.3 is 14.4 Å². The van der Waals surface area contributed by atoms with Crippen LogP contribution >= 0.6 is 0 Å². The van der Waals surface area contributed by atoms with Crippen molar-refractivity contribution in [3.05, 3.63) is 72.6 Å². The Balaban J connectivity index is 1.56. The summed E-state index contributed by atoms with van der Waals surface area (Å²) < 4.78 is 67.0. The number of aromatic nitrogens is 2.